The van der Waals surface area contributed by atoms with Gasteiger partial charge in [-0.15, -0.1) is 22.7 Å². The van der Waals surface area contributed by atoms with Crippen LogP contribution >= 0.6 is 22.7 Å². The number of hydrogen-bond donors (Lipinski definition) is 2. The van der Waals surface area contributed by atoms with E-state index in [1.54, 1.807) is 41.9 Å². The summed E-state index contributed by atoms with van der Waals surface area (Å²) in [4.78, 5) is 29.0. The Morgan fingerprint density at radius 1 is 1.20 bits per heavy atom. The Morgan fingerprint density at radius 2 is 2.04 bits per heavy atom. The number of amides is 2. The minimum absolute atomic E-state index is 0.294. The summed E-state index contributed by atoms with van der Waals surface area (Å²) in [5, 5.41) is 9.22. The third kappa shape index (κ3) is 4.28. The maximum atomic E-state index is 13.3. The predicted octanol–water partition coefficient (Wildman–Crippen LogP) is 3.77. The zero-order valence-corrected chi connectivity index (χ0v) is 14.8. The molecular formula is C17H14FN3O2S2. The Balaban J connectivity index is 1.62. The smallest absolute Gasteiger partial charge is 0.261 e. The van der Waals surface area contributed by atoms with E-state index in [4.69, 9.17) is 0 Å². The monoisotopic (exact) mass is 375 g/mol. The SMILES string of the molecule is CC(NC(=O)c1cccs1)C(=O)Nc1nc(-c2cccc(F)c2)cs1. The molecule has 25 heavy (non-hydrogen) atoms. The van der Waals surface area contributed by atoms with Gasteiger partial charge in [0.2, 0.25) is 5.91 Å². The van der Waals surface area contributed by atoms with E-state index >= 15 is 0 Å². The average Bonchev–Trinajstić information content (AvgIpc) is 3.26. The molecule has 0 radical (unpaired) electrons. The molecule has 3 aromatic rings. The normalized spacial score (nSPS) is 11.8. The first-order valence-corrected chi connectivity index (χ1v) is 9.15. The van der Waals surface area contributed by atoms with E-state index in [1.807, 2.05) is 0 Å². The number of nitrogens with one attached hydrogen (secondary N) is 2. The Labute approximate surface area is 151 Å². The van der Waals surface area contributed by atoms with Crippen molar-refractivity contribution in [1.29, 1.82) is 0 Å². The lowest BCUT2D eigenvalue weighted by Crippen LogP contribution is -2.41. The molecule has 2 heterocycles. The Hall–Kier alpha value is -2.58. The molecule has 5 nitrogen and oxygen atoms in total. The van der Waals surface area contributed by atoms with Crippen LogP contribution in [0.2, 0.25) is 0 Å². The maximum absolute atomic E-state index is 13.3. The molecule has 1 aromatic carbocycles. The summed E-state index contributed by atoms with van der Waals surface area (Å²) in [5.41, 5.74) is 1.21. The predicted molar refractivity (Wildman–Crippen MR) is 97.4 cm³/mol. The first-order chi connectivity index (χ1) is 12.0. The summed E-state index contributed by atoms with van der Waals surface area (Å²) in [5.74, 6) is -1.01. The Kier molecular flexibility index (Phi) is 5.20. The summed E-state index contributed by atoms with van der Waals surface area (Å²) in [7, 11) is 0. The van der Waals surface area contributed by atoms with Crippen LogP contribution in [0.3, 0.4) is 0 Å². The summed E-state index contributed by atoms with van der Waals surface area (Å²) in [6.07, 6.45) is 0. The van der Waals surface area contributed by atoms with Crippen molar-refractivity contribution in [2.24, 2.45) is 0 Å². The number of nitrogens with zero attached hydrogens (tertiary/aromatic N) is 1. The van der Waals surface area contributed by atoms with Crippen LogP contribution in [0.4, 0.5) is 9.52 Å². The summed E-state index contributed by atoms with van der Waals surface area (Å²) >= 11 is 2.54. The molecule has 1 unspecified atom stereocenters. The van der Waals surface area contributed by atoms with Crippen molar-refractivity contribution in [3.8, 4) is 11.3 Å². The number of halogens is 1. The lowest BCUT2D eigenvalue weighted by Gasteiger charge is -2.12. The van der Waals surface area contributed by atoms with E-state index < -0.39 is 6.04 Å². The quantitative estimate of drug-likeness (QED) is 0.713. The van der Waals surface area contributed by atoms with Gasteiger partial charge < -0.3 is 10.6 Å². The highest BCUT2D eigenvalue weighted by molar-refractivity contribution is 7.14. The summed E-state index contributed by atoms with van der Waals surface area (Å²) in [6.45, 7) is 1.60. The first-order valence-electron chi connectivity index (χ1n) is 7.39. The topological polar surface area (TPSA) is 71.1 Å². The zero-order valence-electron chi connectivity index (χ0n) is 13.2. The molecule has 0 aliphatic heterocycles. The molecule has 0 aliphatic carbocycles. The second-order valence-electron chi connectivity index (χ2n) is 5.21. The van der Waals surface area contributed by atoms with Crippen molar-refractivity contribution in [2.75, 3.05) is 5.32 Å². The lowest BCUT2D eigenvalue weighted by molar-refractivity contribution is -0.117. The fourth-order valence-corrected chi connectivity index (χ4v) is 3.42. The third-order valence-corrected chi connectivity index (χ3v) is 4.97. The fourth-order valence-electron chi connectivity index (χ4n) is 2.07. The second-order valence-corrected chi connectivity index (χ2v) is 7.02. The number of carbonyl (C=O) groups is 2. The van der Waals surface area contributed by atoms with Crippen LogP contribution in [-0.4, -0.2) is 22.8 Å². The van der Waals surface area contributed by atoms with Gasteiger partial charge in [-0.1, -0.05) is 18.2 Å². The first kappa shape index (κ1) is 17.2. The molecule has 2 aromatic heterocycles. The van der Waals surface area contributed by atoms with Crippen molar-refractivity contribution >= 4 is 39.6 Å². The molecule has 128 valence electrons. The maximum Gasteiger partial charge on any atom is 0.261 e. The largest absolute Gasteiger partial charge is 0.340 e. The number of carbonyl (C=O) groups excluding carboxylic acids is 2. The molecule has 0 spiro atoms. The summed E-state index contributed by atoms with van der Waals surface area (Å²) < 4.78 is 13.3. The van der Waals surface area contributed by atoms with Crippen molar-refractivity contribution in [1.82, 2.24) is 10.3 Å². The molecule has 0 bridgehead atoms. The van der Waals surface area contributed by atoms with Crippen molar-refractivity contribution < 1.29 is 14.0 Å². The lowest BCUT2D eigenvalue weighted by atomic mass is 10.2. The number of thiazole rings is 1. The van der Waals surface area contributed by atoms with Crippen LogP contribution in [0.1, 0.15) is 16.6 Å². The third-order valence-electron chi connectivity index (χ3n) is 3.34. The molecule has 8 heteroatoms. The van der Waals surface area contributed by atoms with E-state index in [0.717, 1.165) is 0 Å². The van der Waals surface area contributed by atoms with Crippen LogP contribution in [0.25, 0.3) is 11.3 Å². The van der Waals surface area contributed by atoms with E-state index in [2.05, 4.69) is 15.6 Å². The highest BCUT2D eigenvalue weighted by atomic mass is 32.1. The van der Waals surface area contributed by atoms with E-state index in [9.17, 15) is 14.0 Å². The van der Waals surface area contributed by atoms with Gasteiger partial charge in [0.1, 0.15) is 11.9 Å². The second kappa shape index (κ2) is 7.54. The zero-order chi connectivity index (χ0) is 17.8. The van der Waals surface area contributed by atoms with Crippen molar-refractivity contribution in [3.05, 3.63) is 57.9 Å². The number of aromatic nitrogens is 1. The number of benzene rings is 1. The van der Waals surface area contributed by atoms with Crippen LogP contribution in [0.5, 0.6) is 0 Å². The van der Waals surface area contributed by atoms with Gasteiger partial charge in [-0.25, -0.2) is 9.37 Å². The van der Waals surface area contributed by atoms with Gasteiger partial charge in [0.25, 0.3) is 5.91 Å². The van der Waals surface area contributed by atoms with Crippen molar-refractivity contribution in [3.63, 3.8) is 0 Å². The highest BCUT2D eigenvalue weighted by Gasteiger charge is 2.18. The van der Waals surface area contributed by atoms with Crippen molar-refractivity contribution in [2.45, 2.75) is 13.0 Å². The van der Waals surface area contributed by atoms with Gasteiger partial charge >= 0.3 is 0 Å². The minimum atomic E-state index is -0.712. The van der Waals surface area contributed by atoms with Crippen LogP contribution in [0.15, 0.2) is 47.2 Å². The molecule has 0 saturated carbocycles. The molecule has 1 atom stereocenters. The number of anilines is 1. The fraction of sp³-hybridized carbons (Fsp3) is 0.118. The minimum Gasteiger partial charge on any atom is -0.340 e. The van der Waals surface area contributed by atoms with Gasteiger partial charge in [-0.3, -0.25) is 9.59 Å². The summed E-state index contributed by atoms with van der Waals surface area (Å²) in [6, 6.07) is 8.83. The molecule has 3 rings (SSSR count). The van der Waals surface area contributed by atoms with Gasteiger partial charge in [0.15, 0.2) is 5.13 Å². The molecule has 0 aliphatic rings. The van der Waals surface area contributed by atoms with E-state index in [-0.39, 0.29) is 17.6 Å². The molecule has 0 saturated heterocycles. The van der Waals surface area contributed by atoms with Gasteiger partial charge in [-0.05, 0) is 30.5 Å². The number of thiophene rings is 1. The molecule has 2 N–H and O–H groups in total. The average molecular weight is 375 g/mol. The van der Waals surface area contributed by atoms with Gasteiger partial charge in [0.05, 0.1) is 10.6 Å². The number of hydrogen-bond acceptors (Lipinski definition) is 5. The van der Waals surface area contributed by atoms with Crippen LogP contribution < -0.4 is 10.6 Å². The number of rotatable bonds is 5. The van der Waals surface area contributed by atoms with Gasteiger partial charge in [-0.2, -0.15) is 0 Å². The van der Waals surface area contributed by atoms with Crippen LogP contribution in [0, 0.1) is 5.82 Å². The standard InChI is InChI=1S/C17H14FN3O2S2/c1-10(19-16(23)14-6-3-7-24-14)15(22)21-17-20-13(9-25-17)11-4-2-5-12(18)8-11/h2-10H,1H3,(H,19,23)(H,20,21,22). The van der Waals surface area contributed by atoms with Gasteiger partial charge in [0, 0.05) is 10.9 Å². The van der Waals surface area contributed by atoms with E-state index in [0.29, 0.717) is 21.3 Å². The molecule has 0 fully saturated rings. The molecule has 2 amide bonds. The van der Waals surface area contributed by atoms with E-state index in [1.165, 1.54) is 34.8 Å². The highest BCUT2D eigenvalue weighted by Crippen LogP contribution is 2.25. The Morgan fingerprint density at radius 3 is 2.76 bits per heavy atom. The Bertz CT molecular complexity index is 893. The molecular weight excluding hydrogens is 361 g/mol. The van der Waals surface area contributed by atoms with Crippen LogP contribution in [-0.2, 0) is 4.79 Å².